The highest BCUT2D eigenvalue weighted by Gasteiger charge is 2.25. The predicted octanol–water partition coefficient (Wildman–Crippen LogP) is 14.3. The van der Waals surface area contributed by atoms with Gasteiger partial charge in [0.05, 0.1) is 33.1 Å². The van der Waals surface area contributed by atoms with Crippen molar-refractivity contribution in [3.63, 3.8) is 0 Å². The molecule has 0 radical (unpaired) electrons. The molecule has 0 N–H and O–H groups in total. The lowest BCUT2D eigenvalue weighted by molar-refractivity contribution is 0.669. The van der Waals surface area contributed by atoms with Crippen LogP contribution in [0.1, 0.15) is 12.8 Å². The molecule has 4 heteroatoms. The van der Waals surface area contributed by atoms with Crippen molar-refractivity contribution in [1.29, 1.82) is 0 Å². The Morgan fingerprint density at radius 1 is 0.429 bits per heavy atom. The molecule has 0 fully saturated rings. The summed E-state index contributed by atoms with van der Waals surface area (Å²) in [4.78, 5) is 2.48. The van der Waals surface area contributed by atoms with Gasteiger partial charge in [0.2, 0.25) is 0 Å². The highest BCUT2D eigenvalue weighted by atomic mass is 16.3. The predicted molar refractivity (Wildman–Crippen MR) is 235 cm³/mol. The maximum atomic E-state index is 6.47. The fraction of sp³-hybridized carbons (Fsp3) is 0.0385. The molecule has 12 rings (SSSR count). The van der Waals surface area contributed by atoms with Gasteiger partial charge in [-0.25, -0.2) is 0 Å². The normalized spacial score (nSPS) is 13.4. The van der Waals surface area contributed by atoms with Gasteiger partial charge in [-0.15, -0.1) is 0 Å². The van der Waals surface area contributed by atoms with Crippen LogP contribution in [-0.4, -0.2) is 9.13 Å². The second-order valence-corrected chi connectivity index (χ2v) is 14.9. The van der Waals surface area contributed by atoms with Gasteiger partial charge in [0.1, 0.15) is 11.2 Å². The lowest BCUT2D eigenvalue weighted by atomic mass is 10.0. The molecule has 0 saturated carbocycles. The molecule has 0 spiro atoms. The van der Waals surface area contributed by atoms with Crippen LogP contribution in [0.25, 0.3) is 87.7 Å². The number of anilines is 2. The first-order chi connectivity index (χ1) is 27.8. The molecule has 1 aliphatic rings. The molecule has 4 nitrogen and oxygen atoms in total. The number of rotatable bonds is 5. The standard InChI is InChI=1S/C52H35N3O/c1-2-15-36(16-3-1)54-45-20-9-6-17-40(45)42-30-29-39(33-49(42)54)53(47-22-12-24-51-52(47)43-19-8-11-23-50(43)56-51)37-25-27-38(28-26-37)55-46-21-10-7-18-41(46)44-31-34-13-4-5-14-35(34)32-48(44)55/h1-25,27,29-33H,26,28H2. The average Bonchev–Trinajstić information content (AvgIpc) is 3.91. The maximum absolute atomic E-state index is 6.47. The van der Waals surface area contributed by atoms with E-state index in [9.17, 15) is 0 Å². The van der Waals surface area contributed by atoms with Crippen LogP contribution in [0.5, 0.6) is 0 Å². The largest absolute Gasteiger partial charge is 0.456 e. The van der Waals surface area contributed by atoms with Crippen molar-refractivity contribution >= 4 is 93.4 Å². The molecule has 0 amide bonds. The van der Waals surface area contributed by atoms with Crippen molar-refractivity contribution in [1.82, 2.24) is 9.13 Å². The summed E-state index contributed by atoms with van der Waals surface area (Å²) >= 11 is 0. The Bertz CT molecular complexity index is 3430. The molecule has 264 valence electrons. The highest BCUT2D eigenvalue weighted by Crippen LogP contribution is 2.45. The van der Waals surface area contributed by atoms with Crippen molar-refractivity contribution in [3.8, 4) is 5.69 Å². The number of para-hydroxylation sites is 4. The van der Waals surface area contributed by atoms with Crippen LogP contribution in [0.15, 0.2) is 198 Å². The van der Waals surface area contributed by atoms with Crippen LogP contribution in [0.2, 0.25) is 0 Å². The van der Waals surface area contributed by atoms with Gasteiger partial charge in [-0.1, -0.05) is 109 Å². The number of hydrogen-bond donors (Lipinski definition) is 0. The number of benzene rings is 8. The Kier molecular flexibility index (Phi) is 6.72. The van der Waals surface area contributed by atoms with Crippen molar-refractivity contribution in [2.24, 2.45) is 0 Å². The first-order valence-corrected chi connectivity index (χ1v) is 19.4. The van der Waals surface area contributed by atoms with Crippen LogP contribution in [0.4, 0.5) is 11.4 Å². The van der Waals surface area contributed by atoms with E-state index in [0.29, 0.717) is 0 Å². The van der Waals surface area contributed by atoms with E-state index in [4.69, 9.17) is 4.42 Å². The van der Waals surface area contributed by atoms with E-state index in [0.717, 1.165) is 51.8 Å². The Hall–Kier alpha value is -7.30. The molecule has 0 unspecified atom stereocenters. The van der Waals surface area contributed by atoms with Crippen LogP contribution in [-0.2, 0) is 0 Å². The minimum atomic E-state index is 0.860. The number of nitrogens with zero attached hydrogens (tertiary/aromatic N) is 3. The van der Waals surface area contributed by atoms with E-state index in [1.165, 1.54) is 65.8 Å². The first-order valence-electron chi connectivity index (χ1n) is 19.4. The minimum absolute atomic E-state index is 0.860. The summed E-state index contributed by atoms with van der Waals surface area (Å²) in [6, 6.07) is 63.5. The molecular formula is C52H35N3O. The fourth-order valence-corrected chi connectivity index (χ4v) is 9.31. The molecule has 1 aliphatic carbocycles. The van der Waals surface area contributed by atoms with E-state index < -0.39 is 0 Å². The molecular weight excluding hydrogens is 683 g/mol. The van der Waals surface area contributed by atoms with Crippen molar-refractivity contribution in [2.45, 2.75) is 12.8 Å². The van der Waals surface area contributed by atoms with E-state index in [2.05, 4.69) is 196 Å². The second-order valence-electron chi connectivity index (χ2n) is 14.9. The van der Waals surface area contributed by atoms with E-state index in [-0.39, 0.29) is 0 Å². The van der Waals surface area contributed by atoms with Crippen molar-refractivity contribution in [3.05, 3.63) is 194 Å². The van der Waals surface area contributed by atoms with Crippen molar-refractivity contribution in [2.75, 3.05) is 4.90 Å². The molecule has 0 aliphatic heterocycles. The smallest absolute Gasteiger partial charge is 0.137 e. The summed E-state index contributed by atoms with van der Waals surface area (Å²) in [5.41, 5.74) is 12.5. The molecule has 8 aromatic carbocycles. The molecule has 3 aromatic heterocycles. The molecule has 0 atom stereocenters. The van der Waals surface area contributed by atoms with Gasteiger partial charge in [-0.05, 0) is 102 Å². The van der Waals surface area contributed by atoms with Gasteiger partial charge >= 0.3 is 0 Å². The number of allylic oxidation sites excluding steroid dienone is 4. The van der Waals surface area contributed by atoms with Crippen LogP contribution < -0.4 is 4.90 Å². The first kappa shape index (κ1) is 31.1. The zero-order chi connectivity index (χ0) is 36.7. The SMILES string of the molecule is C1=C(N(c2ccc3c4ccccc4n(-c4ccccc4)c3c2)c2cccc3oc4ccccc4c23)CCC(n2c3ccccc3c3cc4ccccc4cc32)=C1. The third-order valence-electron chi connectivity index (χ3n) is 11.8. The zero-order valence-electron chi connectivity index (χ0n) is 30.6. The Balaban J connectivity index is 1.09. The Morgan fingerprint density at radius 2 is 1.07 bits per heavy atom. The van der Waals surface area contributed by atoms with Gasteiger partial charge in [0, 0.05) is 49.7 Å². The molecule has 0 bridgehead atoms. The second kappa shape index (κ2) is 12.1. The summed E-state index contributed by atoms with van der Waals surface area (Å²) in [6.45, 7) is 0. The average molecular weight is 718 g/mol. The quantitative estimate of drug-likeness (QED) is 0.177. The number of furan rings is 1. The van der Waals surface area contributed by atoms with Gasteiger partial charge < -0.3 is 18.5 Å². The summed E-state index contributed by atoms with van der Waals surface area (Å²) in [6.07, 6.45) is 6.44. The van der Waals surface area contributed by atoms with Gasteiger partial charge in [-0.2, -0.15) is 0 Å². The lowest BCUT2D eigenvalue weighted by Crippen LogP contribution is -2.19. The van der Waals surface area contributed by atoms with Gasteiger partial charge in [-0.3, -0.25) is 0 Å². The van der Waals surface area contributed by atoms with Crippen molar-refractivity contribution < 1.29 is 4.42 Å². The summed E-state index contributed by atoms with van der Waals surface area (Å²) in [5.74, 6) is 0. The van der Waals surface area contributed by atoms with E-state index >= 15 is 0 Å². The Labute approximate surface area is 323 Å². The molecule has 3 heterocycles. The fourth-order valence-electron chi connectivity index (χ4n) is 9.31. The zero-order valence-corrected chi connectivity index (χ0v) is 30.6. The monoisotopic (exact) mass is 717 g/mol. The van der Waals surface area contributed by atoms with Crippen LogP contribution in [0.3, 0.4) is 0 Å². The Morgan fingerprint density at radius 3 is 1.88 bits per heavy atom. The van der Waals surface area contributed by atoms with Gasteiger partial charge in [0.25, 0.3) is 0 Å². The van der Waals surface area contributed by atoms with Crippen LogP contribution in [0, 0.1) is 0 Å². The van der Waals surface area contributed by atoms with E-state index in [1.807, 2.05) is 6.07 Å². The van der Waals surface area contributed by atoms with Crippen LogP contribution >= 0.6 is 0 Å². The highest BCUT2D eigenvalue weighted by molar-refractivity contribution is 6.16. The molecule has 11 aromatic rings. The third-order valence-corrected chi connectivity index (χ3v) is 11.8. The topological polar surface area (TPSA) is 26.2 Å². The maximum Gasteiger partial charge on any atom is 0.137 e. The summed E-state index contributed by atoms with van der Waals surface area (Å²) < 4.78 is 11.4. The minimum Gasteiger partial charge on any atom is -0.456 e. The summed E-state index contributed by atoms with van der Waals surface area (Å²) in [5, 5.41) is 9.82. The van der Waals surface area contributed by atoms with Gasteiger partial charge in [0.15, 0.2) is 0 Å². The lowest BCUT2D eigenvalue weighted by Gasteiger charge is -2.31. The summed E-state index contributed by atoms with van der Waals surface area (Å²) in [7, 11) is 0. The molecule has 0 saturated heterocycles. The third kappa shape index (κ3) is 4.59. The molecule has 56 heavy (non-hydrogen) atoms. The number of aromatic nitrogens is 2. The number of fused-ring (bicyclic) bond motifs is 10. The van der Waals surface area contributed by atoms with E-state index in [1.54, 1.807) is 0 Å². The number of hydrogen-bond acceptors (Lipinski definition) is 2.